The van der Waals surface area contributed by atoms with Crippen LogP contribution in [0.1, 0.15) is 6.42 Å². The second-order valence-corrected chi connectivity index (χ2v) is 5.41. The summed E-state index contributed by atoms with van der Waals surface area (Å²) in [4.78, 5) is 11.0. The molecule has 0 aromatic carbocycles. The summed E-state index contributed by atoms with van der Waals surface area (Å²) in [6.45, 7) is -2.19. The van der Waals surface area contributed by atoms with Crippen molar-refractivity contribution in [3.63, 3.8) is 0 Å². The van der Waals surface area contributed by atoms with Crippen LogP contribution in [0.5, 0.6) is 0 Å². The molecule has 0 bridgehead atoms. The van der Waals surface area contributed by atoms with Crippen LogP contribution in [0, 0.1) is 0 Å². The van der Waals surface area contributed by atoms with Crippen LogP contribution < -0.4 is 4.72 Å². The van der Waals surface area contributed by atoms with Crippen LogP contribution >= 0.6 is 0 Å². The van der Waals surface area contributed by atoms with Crippen molar-refractivity contribution in [2.75, 3.05) is 40.5 Å². The van der Waals surface area contributed by atoms with Crippen molar-refractivity contribution in [3.8, 4) is 0 Å². The summed E-state index contributed by atoms with van der Waals surface area (Å²) < 4.78 is 70.6. The maximum Gasteiger partial charge on any atom is 0.402 e. The molecule has 0 saturated carbocycles. The molecule has 0 rings (SSSR count). The smallest absolute Gasteiger partial charge is 0.402 e. The van der Waals surface area contributed by atoms with Crippen molar-refractivity contribution in [1.82, 2.24) is 9.03 Å². The second kappa shape index (κ2) is 8.39. The van der Waals surface area contributed by atoms with Crippen LogP contribution in [-0.4, -0.2) is 65.3 Å². The van der Waals surface area contributed by atoms with Crippen LogP contribution in [-0.2, 0) is 24.5 Å². The first-order valence-corrected chi connectivity index (χ1v) is 6.93. The fraction of sp³-hybridized carbons (Fsp3) is 0.889. The van der Waals surface area contributed by atoms with Crippen molar-refractivity contribution in [2.24, 2.45) is 0 Å². The molecule has 0 spiro atoms. The largest absolute Gasteiger partial charge is 0.469 e. The fourth-order valence-electron chi connectivity index (χ4n) is 1.13. The lowest BCUT2D eigenvalue weighted by molar-refractivity contribution is -0.140. The summed E-state index contributed by atoms with van der Waals surface area (Å²) in [5.41, 5.74) is 0. The zero-order chi connectivity index (χ0) is 15.8. The van der Waals surface area contributed by atoms with E-state index >= 15 is 0 Å². The third-order valence-electron chi connectivity index (χ3n) is 2.13. The van der Waals surface area contributed by atoms with Crippen molar-refractivity contribution in [2.45, 2.75) is 12.6 Å². The third-order valence-corrected chi connectivity index (χ3v) is 3.69. The first-order valence-electron chi connectivity index (χ1n) is 5.49. The van der Waals surface area contributed by atoms with Gasteiger partial charge in [-0.2, -0.15) is 30.6 Å². The SMILES string of the molecule is COCCN(CCC(=O)OC)S(=O)(=O)NCC(F)(F)F. The molecule has 0 aliphatic heterocycles. The zero-order valence-corrected chi connectivity index (χ0v) is 11.9. The molecule has 0 heterocycles. The Morgan fingerprint density at radius 2 is 1.85 bits per heavy atom. The minimum absolute atomic E-state index is 0.0197. The molecule has 20 heavy (non-hydrogen) atoms. The number of halogens is 3. The lowest BCUT2D eigenvalue weighted by Crippen LogP contribution is -2.46. The molecule has 0 amide bonds. The summed E-state index contributed by atoms with van der Waals surface area (Å²) in [6.07, 6.45) is -4.94. The minimum atomic E-state index is -4.66. The molecular formula is C9H17F3N2O5S. The molecule has 0 aliphatic rings. The quantitative estimate of drug-likeness (QED) is 0.599. The monoisotopic (exact) mass is 322 g/mol. The summed E-state index contributed by atoms with van der Waals surface area (Å²) in [7, 11) is -1.92. The molecule has 0 unspecified atom stereocenters. The predicted octanol–water partition coefficient (Wildman–Crippen LogP) is -0.105. The normalized spacial score (nSPS) is 12.7. The highest BCUT2D eigenvalue weighted by Crippen LogP contribution is 2.13. The zero-order valence-electron chi connectivity index (χ0n) is 11.1. The highest BCUT2D eigenvalue weighted by Gasteiger charge is 2.31. The van der Waals surface area contributed by atoms with Crippen molar-refractivity contribution in [3.05, 3.63) is 0 Å². The Labute approximate surface area is 115 Å². The third kappa shape index (κ3) is 8.30. The van der Waals surface area contributed by atoms with E-state index in [-0.39, 0.29) is 26.1 Å². The number of nitrogens with zero attached hydrogens (tertiary/aromatic N) is 1. The Morgan fingerprint density at radius 1 is 1.25 bits per heavy atom. The Morgan fingerprint density at radius 3 is 2.30 bits per heavy atom. The van der Waals surface area contributed by atoms with Gasteiger partial charge in [0.25, 0.3) is 10.2 Å². The van der Waals surface area contributed by atoms with Gasteiger partial charge in [0.2, 0.25) is 0 Å². The molecule has 0 saturated heterocycles. The number of carbonyl (C=O) groups excluding carboxylic acids is 1. The van der Waals surface area contributed by atoms with E-state index in [2.05, 4.69) is 9.47 Å². The van der Waals surface area contributed by atoms with Crippen LogP contribution in [0.2, 0.25) is 0 Å². The molecule has 0 radical (unpaired) electrons. The fourth-order valence-corrected chi connectivity index (χ4v) is 2.30. The van der Waals surface area contributed by atoms with E-state index in [1.807, 2.05) is 0 Å². The van der Waals surface area contributed by atoms with E-state index in [0.717, 1.165) is 7.11 Å². The van der Waals surface area contributed by atoms with E-state index in [1.54, 1.807) is 0 Å². The average molecular weight is 322 g/mol. The first kappa shape index (κ1) is 19.1. The number of rotatable bonds is 9. The number of methoxy groups -OCH3 is 2. The Kier molecular flexibility index (Phi) is 8.01. The molecule has 1 N–H and O–H groups in total. The Hall–Kier alpha value is -0.910. The van der Waals surface area contributed by atoms with Gasteiger partial charge < -0.3 is 9.47 Å². The van der Waals surface area contributed by atoms with Gasteiger partial charge >= 0.3 is 12.1 Å². The van der Waals surface area contributed by atoms with Gasteiger partial charge in [-0.25, -0.2) is 0 Å². The van der Waals surface area contributed by atoms with Gasteiger partial charge in [-0.05, 0) is 0 Å². The Balaban J connectivity index is 4.68. The molecular weight excluding hydrogens is 305 g/mol. The van der Waals surface area contributed by atoms with Crippen LogP contribution in [0.4, 0.5) is 13.2 Å². The minimum Gasteiger partial charge on any atom is -0.469 e. The molecule has 0 aliphatic carbocycles. The van der Waals surface area contributed by atoms with Gasteiger partial charge in [-0.15, -0.1) is 0 Å². The van der Waals surface area contributed by atoms with Gasteiger partial charge in [-0.1, -0.05) is 0 Å². The number of alkyl halides is 3. The van der Waals surface area contributed by atoms with Gasteiger partial charge in [0.15, 0.2) is 0 Å². The molecule has 120 valence electrons. The summed E-state index contributed by atoms with van der Waals surface area (Å²) in [5, 5.41) is 0. The highest BCUT2D eigenvalue weighted by atomic mass is 32.2. The number of carbonyl (C=O) groups is 1. The van der Waals surface area contributed by atoms with Gasteiger partial charge in [0, 0.05) is 20.2 Å². The van der Waals surface area contributed by atoms with Crippen LogP contribution in [0.25, 0.3) is 0 Å². The average Bonchev–Trinajstić information content (AvgIpc) is 2.35. The summed E-state index contributed by atoms with van der Waals surface area (Å²) in [6, 6.07) is 0. The molecule has 11 heteroatoms. The first-order chi connectivity index (χ1) is 9.12. The van der Waals surface area contributed by atoms with E-state index in [0.29, 0.717) is 4.31 Å². The lowest BCUT2D eigenvalue weighted by atomic mass is 10.4. The van der Waals surface area contributed by atoms with E-state index in [1.165, 1.54) is 11.8 Å². The van der Waals surface area contributed by atoms with Crippen molar-refractivity contribution >= 4 is 16.2 Å². The number of hydrogen-bond acceptors (Lipinski definition) is 5. The van der Waals surface area contributed by atoms with Gasteiger partial charge in [-0.3, -0.25) is 4.79 Å². The molecule has 7 nitrogen and oxygen atoms in total. The number of ether oxygens (including phenoxy) is 2. The molecule has 0 aromatic rings. The summed E-state index contributed by atoms with van der Waals surface area (Å²) >= 11 is 0. The number of esters is 1. The van der Waals surface area contributed by atoms with Gasteiger partial charge in [0.05, 0.1) is 20.1 Å². The van der Waals surface area contributed by atoms with Crippen LogP contribution in [0.15, 0.2) is 0 Å². The van der Waals surface area contributed by atoms with E-state index in [9.17, 15) is 26.4 Å². The van der Waals surface area contributed by atoms with Crippen molar-refractivity contribution in [1.29, 1.82) is 0 Å². The highest BCUT2D eigenvalue weighted by molar-refractivity contribution is 7.87. The maximum absolute atomic E-state index is 12.0. The second-order valence-electron chi connectivity index (χ2n) is 3.66. The van der Waals surface area contributed by atoms with E-state index < -0.39 is 28.9 Å². The van der Waals surface area contributed by atoms with E-state index in [4.69, 9.17) is 0 Å². The maximum atomic E-state index is 12.0. The topological polar surface area (TPSA) is 84.9 Å². The predicted molar refractivity (Wildman–Crippen MR) is 63.1 cm³/mol. The lowest BCUT2D eigenvalue weighted by Gasteiger charge is -2.22. The Bertz CT molecular complexity index is 399. The summed E-state index contributed by atoms with van der Waals surface area (Å²) in [5.74, 6) is -0.668. The standard InChI is InChI=1S/C9H17F3N2O5S/c1-18-6-5-14(4-3-8(15)19-2)20(16,17)13-7-9(10,11)12/h13H,3-7H2,1-2H3. The van der Waals surface area contributed by atoms with Crippen LogP contribution in [0.3, 0.4) is 0 Å². The van der Waals surface area contributed by atoms with Crippen molar-refractivity contribution < 1.29 is 35.9 Å². The van der Waals surface area contributed by atoms with Gasteiger partial charge in [0.1, 0.15) is 6.54 Å². The molecule has 0 atom stereocenters. The molecule has 0 fully saturated rings. The molecule has 0 aromatic heterocycles. The number of hydrogen-bond donors (Lipinski definition) is 1. The number of nitrogens with one attached hydrogen (secondary N) is 1.